The third-order valence-electron chi connectivity index (χ3n) is 1.62. The molecule has 0 spiro atoms. The molecule has 0 saturated heterocycles. The first kappa shape index (κ1) is 28.3. The molecule has 0 rings (SSSR count). The zero-order chi connectivity index (χ0) is 15.0. The number of hydrogen-bond acceptors (Lipinski definition) is 6. The van der Waals surface area contributed by atoms with E-state index < -0.39 is 0 Å². The Balaban J connectivity index is -0.0000000865. The van der Waals surface area contributed by atoms with Crippen LogP contribution in [0.5, 0.6) is 0 Å². The summed E-state index contributed by atoms with van der Waals surface area (Å²) in [5, 5.41) is 29.1. The van der Waals surface area contributed by atoms with Gasteiger partial charge in [0.05, 0.1) is 0 Å². The van der Waals surface area contributed by atoms with Gasteiger partial charge in [-0.15, -0.1) is 19.8 Å². The fourth-order valence-corrected chi connectivity index (χ4v) is 0.548. The van der Waals surface area contributed by atoms with E-state index in [0.29, 0.717) is 19.6 Å². The first-order chi connectivity index (χ1) is 8.31. The summed E-state index contributed by atoms with van der Waals surface area (Å²) in [6, 6.07) is 0. The fraction of sp³-hybridized carbons (Fsp3) is 1.00. The maximum Gasteiger partial charge on any atom is 3.00 e. The van der Waals surface area contributed by atoms with Crippen molar-refractivity contribution in [2.75, 3.05) is 81.7 Å². The maximum absolute atomic E-state index is 9.70. The second-order valence-electron chi connectivity index (χ2n) is 4.52. The van der Waals surface area contributed by atoms with E-state index in [0.717, 1.165) is 0 Å². The quantitative estimate of drug-likeness (QED) is 0.454. The van der Waals surface area contributed by atoms with Gasteiger partial charge in [0.2, 0.25) is 0 Å². The molecule has 19 heavy (non-hydrogen) atoms. The van der Waals surface area contributed by atoms with Crippen LogP contribution in [0.2, 0.25) is 0 Å². The molecule has 0 N–H and O–H groups in total. The molecule has 0 amide bonds. The molecule has 1 radical (unpaired) electrons. The molecule has 0 aromatic carbocycles. The molecule has 0 aliphatic carbocycles. The van der Waals surface area contributed by atoms with Gasteiger partial charge in [0.25, 0.3) is 0 Å². The molecule has 0 saturated carbocycles. The normalized spacial score (nSPS) is 9.47. The Hall–Kier alpha value is 1.10. The smallest absolute Gasteiger partial charge is 0.854 e. The standard InChI is InChI=1S/3C4H10NO.Sm/c3*1-5(2)3-4-6;/h3*3-4H2,1-2H3;/q3*-1;+3. The van der Waals surface area contributed by atoms with E-state index in [4.69, 9.17) is 0 Å². The van der Waals surface area contributed by atoms with Gasteiger partial charge in [-0.3, -0.25) is 0 Å². The van der Waals surface area contributed by atoms with Crippen molar-refractivity contribution in [1.29, 1.82) is 0 Å². The number of likely N-dealkylation sites (N-methyl/N-ethyl adjacent to an activating group) is 3. The summed E-state index contributed by atoms with van der Waals surface area (Å²) in [4.78, 5) is 5.60. The predicted octanol–water partition coefficient (Wildman–Crippen LogP) is -3.28. The molecule has 0 aromatic heterocycles. The first-order valence-electron chi connectivity index (χ1n) is 6.00. The van der Waals surface area contributed by atoms with Gasteiger partial charge in [-0.1, -0.05) is 0 Å². The van der Waals surface area contributed by atoms with Crippen molar-refractivity contribution in [3.63, 3.8) is 0 Å². The summed E-state index contributed by atoms with van der Waals surface area (Å²) in [7, 11) is 11.3. The molecule has 0 unspecified atom stereocenters. The second-order valence-corrected chi connectivity index (χ2v) is 4.52. The summed E-state index contributed by atoms with van der Waals surface area (Å²) < 4.78 is 0. The molecule has 0 aliphatic rings. The van der Waals surface area contributed by atoms with Crippen molar-refractivity contribution in [2.45, 2.75) is 0 Å². The second kappa shape index (κ2) is 24.1. The SMILES string of the molecule is CN(C)CC[O-].CN(C)CC[O-].CN(C)CC[O-].[Sm+3]. The average molecular weight is 415 g/mol. The largest absolute Gasteiger partial charge is 3.00 e. The molecule has 0 aromatic rings. The maximum atomic E-state index is 9.70. The van der Waals surface area contributed by atoms with E-state index >= 15 is 0 Å². The van der Waals surface area contributed by atoms with Gasteiger partial charge in [-0.05, 0) is 61.9 Å². The van der Waals surface area contributed by atoms with Crippen LogP contribution in [0.15, 0.2) is 0 Å². The fourth-order valence-electron chi connectivity index (χ4n) is 0.548. The average Bonchev–Trinajstić information content (AvgIpc) is 2.18. The molecule has 6 nitrogen and oxygen atoms in total. The molecular weight excluding hydrogens is 385 g/mol. The van der Waals surface area contributed by atoms with Crippen molar-refractivity contribution in [2.24, 2.45) is 0 Å². The van der Waals surface area contributed by atoms with Crippen LogP contribution in [0.4, 0.5) is 0 Å². The van der Waals surface area contributed by atoms with E-state index in [-0.39, 0.29) is 60.2 Å². The molecule has 0 aliphatic heterocycles. The van der Waals surface area contributed by atoms with Crippen molar-refractivity contribution < 1.29 is 55.7 Å². The summed E-state index contributed by atoms with van der Waals surface area (Å²) in [6.07, 6.45) is 0. The number of hydrogen-bond donors (Lipinski definition) is 0. The van der Waals surface area contributed by atoms with Crippen molar-refractivity contribution in [1.82, 2.24) is 14.7 Å². The van der Waals surface area contributed by atoms with E-state index in [1.54, 1.807) is 0 Å². The van der Waals surface area contributed by atoms with Gasteiger partial charge >= 0.3 is 40.4 Å². The summed E-state index contributed by atoms with van der Waals surface area (Å²) in [5.41, 5.74) is 0. The third kappa shape index (κ3) is 54.8. The van der Waals surface area contributed by atoms with Crippen molar-refractivity contribution >= 4 is 0 Å². The summed E-state index contributed by atoms with van der Waals surface area (Å²) >= 11 is 0. The molecule has 0 fully saturated rings. The summed E-state index contributed by atoms with van der Waals surface area (Å²) in [5.74, 6) is 0. The van der Waals surface area contributed by atoms with Crippen LogP contribution in [-0.4, -0.2) is 96.4 Å². The minimum absolute atomic E-state index is 0. The van der Waals surface area contributed by atoms with Gasteiger partial charge in [-0.2, -0.15) is 0 Å². The van der Waals surface area contributed by atoms with Gasteiger partial charge in [0.1, 0.15) is 0 Å². The van der Waals surface area contributed by atoms with Gasteiger partial charge in [-0.25, -0.2) is 0 Å². The molecule has 0 bridgehead atoms. The van der Waals surface area contributed by atoms with Crippen LogP contribution in [0.1, 0.15) is 0 Å². The van der Waals surface area contributed by atoms with Gasteiger partial charge in [0, 0.05) is 0 Å². The Kier molecular flexibility index (Phi) is 35.9. The minimum atomic E-state index is 0. The van der Waals surface area contributed by atoms with Crippen molar-refractivity contribution in [3.05, 3.63) is 0 Å². The Bertz CT molecular complexity index is 116. The van der Waals surface area contributed by atoms with Crippen LogP contribution in [-0.2, 0) is 0 Å². The van der Waals surface area contributed by atoms with Crippen LogP contribution in [0.3, 0.4) is 0 Å². The van der Waals surface area contributed by atoms with Gasteiger partial charge < -0.3 is 30.0 Å². The van der Waals surface area contributed by atoms with E-state index in [1.165, 1.54) is 0 Å². The molecule has 7 heteroatoms. The molecule has 0 heterocycles. The van der Waals surface area contributed by atoms with E-state index in [1.807, 2.05) is 57.0 Å². The topological polar surface area (TPSA) is 78.9 Å². The van der Waals surface area contributed by atoms with Crippen LogP contribution in [0, 0.1) is 40.4 Å². The minimum Gasteiger partial charge on any atom is -0.854 e. The third-order valence-corrected chi connectivity index (χ3v) is 1.62. The Morgan fingerprint density at radius 3 is 0.684 bits per heavy atom. The Labute approximate surface area is 151 Å². The van der Waals surface area contributed by atoms with Crippen molar-refractivity contribution in [3.8, 4) is 0 Å². The Morgan fingerprint density at radius 1 is 0.526 bits per heavy atom. The molecular formula is C12H30N3O3Sm. The Morgan fingerprint density at radius 2 is 0.684 bits per heavy atom. The number of nitrogens with zero attached hydrogens (tertiary/aromatic N) is 3. The molecule has 0 atom stereocenters. The van der Waals surface area contributed by atoms with Gasteiger partial charge in [0.15, 0.2) is 0 Å². The van der Waals surface area contributed by atoms with Crippen LogP contribution in [0.25, 0.3) is 0 Å². The zero-order valence-electron chi connectivity index (χ0n) is 13.2. The summed E-state index contributed by atoms with van der Waals surface area (Å²) in [6.45, 7) is 1.98. The van der Waals surface area contributed by atoms with E-state index in [9.17, 15) is 15.3 Å². The van der Waals surface area contributed by atoms with Crippen LogP contribution < -0.4 is 15.3 Å². The number of rotatable bonds is 6. The van der Waals surface area contributed by atoms with Crippen LogP contribution >= 0.6 is 0 Å². The first-order valence-corrected chi connectivity index (χ1v) is 6.00. The monoisotopic (exact) mass is 416 g/mol. The molecule has 117 valence electrons. The predicted molar refractivity (Wildman–Crippen MR) is 70.3 cm³/mol. The van der Waals surface area contributed by atoms with E-state index in [2.05, 4.69) is 0 Å². The zero-order valence-corrected chi connectivity index (χ0v) is 15.8.